The van der Waals surface area contributed by atoms with Crippen molar-refractivity contribution >= 4 is 53.9 Å². The molecule has 2 nitrogen and oxygen atoms in total. The van der Waals surface area contributed by atoms with Gasteiger partial charge in [0, 0.05) is 46.7 Å². The molecule has 0 saturated carbocycles. The summed E-state index contributed by atoms with van der Waals surface area (Å²) in [6, 6.07) is 57.4. The molecule has 0 spiro atoms. The van der Waals surface area contributed by atoms with Crippen LogP contribution < -0.4 is 0 Å². The molecule has 0 amide bonds. The average Bonchev–Trinajstić information content (AvgIpc) is 3.19. The first-order valence-corrected chi connectivity index (χ1v) is 17.0. The number of hydrogen-bond acceptors (Lipinski definition) is 2. The molecule has 0 unspecified atom stereocenters. The van der Waals surface area contributed by atoms with Crippen LogP contribution in [0.3, 0.4) is 0 Å². The second kappa shape index (κ2) is 11.5. The van der Waals surface area contributed by atoms with E-state index in [2.05, 4.69) is 168 Å². The molecule has 2 heteroatoms. The van der Waals surface area contributed by atoms with Crippen LogP contribution in [0.25, 0.3) is 98.4 Å². The molecule has 0 radical (unpaired) electrons. The first-order valence-electron chi connectivity index (χ1n) is 17.0. The van der Waals surface area contributed by atoms with E-state index in [1.165, 1.54) is 65.3 Å². The van der Waals surface area contributed by atoms with Gasteiger partial charge in [-0.2, -0.15) is 0 Å². The van der Waals surface area contributed by atoms with Gasteiger partial charge in [0.2, 0.25) is 0 Å². The lowest BCUT2D eigenvalue weighted by molar-refractivity contribution is 1.36. The fourth-order valence-corrected chi connectivity index (χ4v) is 7.71. The zero-order valence-corrected chi connectivity index (χ0v) is 27.2. The monoisotopic (exact) mass is 634 g/mol. The van der Waals surface area contributed by atoms with Gasteiger partial charge in [0.25, 0.3) is 0 Å². The zero-order chi connectivity index (χ0) is 33.0. The summed E-state index contributed by atoms with van der Waals surface area (Å²) in [6.45, 7) is 0. The van der Waals surface area contributed by atoms with Crippen molar-refractivity contribution in [2.24, 2.45) is 0 Å². The lowest BCUT2D eigenvalue weighted by Crippen LogP contribution is -1.89. The predicted molar refractivity (Wildman–Crippen MR) is 211 cm³/mol. The smallest absolute Gasteiger partial charge is 0.0352 e. The molecule has 10 aromatic rings. The van der Waals surface area contributed by atoms with Crippen LogP contribution in [-0.4, -0.2) is 9.97 Å². The third-order valence-electron chi connectivity index (χ3n) is 10.2. The average molecular weight is 635 g/mol. The first kappa shape index (κ1) is 28.4. The summed E-state index contributed by atoms with van der Waals surface area (Å²) in [5.41, 5.74) is 9.46. The molecule has 0 bridgehead atoms. The van der Waals surface area contributed by atoms with E-state index in [1.54, 1.807) is 0 Å². The maximum absolute atomic E-state index is 4.55. The molecule has 232 valence electrons. The highest BCUT2D eigenvalue weighted by Gasteiger charge is 2.15. The molecule has 10 rings (SSSR count). The Hall–Kier alpha value is -6.64. The van der Waals surface area contributed by atoms with E-state index in [-0.39, 0.29) is 0 Å². The molecule has 0 aliphatic rings. The second-order valence-corrected chi connectivity index (χ2v) is 13.0. The SMILES string of the molecule is c1ccc2cc3c(cc2c1)c(-c1ccc(-c2cncc4ccccc24)cc1)cc1c(-c2ccc(-c4cncc5ccccc45)cc2)cccc13. The highest BCUT2D eigenvalue weighted by Crippen LogP contribution is 2.42. The van der Waals surface area contributed by atoms with Crippen molar-refractivity contribution in [3.05, 3.63) is 183 Å². The Labute approximate surface area is 290 Å². The number of fused-ring (bicyclic) bond motifs is 6. The van der Waals surface area contributed by atoms with E-state index < -0.39 is 0 Å². The van der Waals surface area contributed by atoms with Crippen molar-refractivity contribution in [2.45, 2.75) is 0 Å². The van der Waals surface area contributed by atoms with Crippen molar-refractivity contribution in [3.63, 3.8) is 0 Å². The van der Waals surface area contributed by atoms with Gasteiger partial charge < -0.3 is 0 Å². The summed E-state index contributed by atoms with van der Waals surface area (Å²) < 4.78 is 0. The topological polar surface area (TPSA) is 25.8 Å². The molecule has 0 saturated heterocycles. The molecule has 0 fully saturated rings. The van der Waals surface area contributed by atoms with E-state index in [1.807, 2.05) is 24.8 Å². The molecule has 0 N–H and O–H groups in total. The minimum absolute atomic E-state index is 1.15. The summed E-state index contributed by atoms with van der Waals surface area (Å²) in [6.07, 6.45) is 7.82. The summed E-state index contributed by atoms with van der Waals surface area (Å²) in [7, 11) is 0. The van der Waals surface area contributed by atoms with Crippen LogP contribution in [0.4, 0.5) is 0 Å². The van der Waals surface area contributed by atoms with Gasteiger partial charge in [-0.25, -0.2) is 0 Å². The van der Waals surface area contributed by atoms with Crippen molar-refractivity contribution in [1.29, 1.82) is 0 Å². The summed E-state index contributed by atoms with van der Waals surface area (Å²) in [4.78, 5) is 9.08. The van der Waals surface area contributed by atoms with Crippen LogP contribution in [0, 0.1) is 0 Å². The second-order valence-electron chi connectivity index (χ2n) is 13.0. The zero-order valence-electron chi connectivity index (χ0n) is 27.2. The third kappa shape index (κ3) is 4.65. The lowest BCUT2D eigenvalue weighted by Gasteiger charge is -2.16. The fourth-order valence-electron chi connectivity index (χ4n) is 7.71. The Morgan fingerprint density at radius 2 is 0.660 bits per heavy atom. The van der Waals surface area contributed by atoms with Crippen LogP contribution in [0.1, 0.15) is 0 Å². The largest absolute Gasteiger partial charge is 0.263 e. The molecular weight excluding hydrogens is 605 g/mol. The third-order valence-corrected chi connectivity index (χ3v) is 10.2. The lowest BCUT2D eigenvalue weighted by atomic mass is 9.87. The number of pyridine rings is 2. The van der Waals surface area contributed by atoms with Crippen LogP contribution in [0.15, 0.2) is 183 Å². The van der Waals surface area contributed by atoms with Gasteiger partial charge in [-0.1, -0.05) is 140 Å². The van der Waals surface area contributed by atoms with E-state index in [0.29, 0.717) is 0 Å². The maximum Gasteiger partial charge on any atom is 0.0352 e. The Morgan fingerprint density at radius 1 is 0.240 bits per heavy atom. The number of rotatable bonds is 4. The van der Waals surface area contributed by atoms with E-state index in [4.69, 9.17) is 0 Å². The Bertz CT molecular complexity index is 2890. The summed E-state index contributed by atoms with van der Waals surface area (Å²) >= 11 is 0. The highest BCUT2D eigenvalue weighted by molar-refractivity contribution is 6.20. The molecule has 0 aliphatic carbocycles. The Morgan fingerprint density at radius 3 is 1.22 bits per heavy atom. The van der Waals surface area contributed by atoms with Crippen LogP contribution in [0.5, 0.6) is 0 Å². The van der Waals surface area contributed by atoms with Crippen LogP contribution in [-0.2, 0) is 0 Å². The maximum atomic E-state index is 4.55. The van der Waals surface area contributed by atoms with Gasteiger partial charge in [0.1, 0.15) is 0 Å². The number of benzene rings is 8. The minimum atomic E-state index is 1.15. The number of hydrogen-bond donors (Lipinski definition) is 0. The summed E-state index contributed by atoms with van der Waals surface area (Å²) in [5.74, 6) is 0. The Balaban J connectivity index is 1.15. The van der Waals surface area contributed by atoms with E-state index >= 15 is 0 Å². The van der Waals surface area contributed by atoms with Crippen molar-refractivity contribution in [2.75, 3.05) is 0 Å². The quantitative estimate of drug-likeness (QED) is 0.142. The van der Waals surface area contributed by atoms with Gasteiger partial charge in [-0.15, -0.1) is 0 Å². The molecule has 8 aromatic carbocycles. The number of aromatic nitrogens is 2. The Kier molecular flexibility index (Phi) is 6.53. The fraction of sp³-hybridized carbons (Fsp3) is 0. The van der Waals surface area contributed by atoms with Crippen molar-refractivity contribution < 1.29 is 0 Å². The molecule has 50 heavy (non-hydrogen) atoms. The molecular formula is C48H30N2. The van der Waals surface area contributed by atoms with Crippen molar-refractivity contribution in [3.8, 4) is 44.5 Å². The van der Waals surface area contributed by atoms with Crippen molar-refractivity contribution in [1.82, 2.24) is 9.97 Å². The molecule has 2 heterocycles. The normalized spacial score (nSPS) is 11.6. The van der Waals surface area contributed by atoms with E-state index in [0.717, 1.165) is 33.0 Å². The van der Waals surface area contributed by atoms with Crippen LogP contribution in [0.2, 0.25) is 0 Å². The van der Waals surface area contributed by atoms with Crippen LogP contribution >= 0.6 is 0 Å². The number of nitrogens with zero attached hydrogens (tertiary/aromatic N) is 2. The highest BCUT2D eigenvalue weighted by atomic mass is 14.6. The molecule has 2 aromatic heterocycles. The van der Waals surface area contributed by atoms with E-state index in [9.17, 15) is 0 Å². The van der Waals surface area contributed by atoms with Gasteiger partial charge in [0.15, 0.2) is 0 Å². The summed E-state index contributed by atoms with van der Waals surface area (Å²) in [5, 5.41) is 12.2. The molecule has 0 atom stereocenters. The predicted octanol–water partition coefficient (Wildman–Crippen LogP) is 12.9. The molecule has 0 aliphatic heterocycles. The van der Waals surface area contributed by atoms with Gasteiger partial charge in [-0.3, -0.25) is 9.97 Å². The van der Waals surface area contributed by atoms with Gasteiger partial charge >= 0.3 is 0 Å². The standard InChI is InChI=1S/C48H30N2/c1-2-9-36-25-45-43(32-18-22-34(23-19-32)48-30-50-28-38-11-4-6-13-41(38)48)26-46-39(14-7-15-42(46)44(45)24-35(36)8-1)31-16-20-33(21-17-31)47-29-49-27-37-10-3-5-12-40(37)47/h1-30H. The van der Waals surface area contributed by atoms with Gasteiger partial charge in [0.05, 0.1) is 0 Å². The first-order chi connectivity index (χ1) is 24.8. The van der Waals surface area contributed by atoms with Gasteiger partial charge in [-0.05, 0) is 94.7 Å². The minimum Gasteiger partial charge on any atom is -0.263 e.